The molecule has 0 radical (unpaired) electrons. The largest absolute Gasteiger partial charge is 0.493 e. The number of hydrogen-bond acceptors (Lipinski definition) is 3. The van der Waals surface area contributed by atoms with Gasteiger partial charge in [0.2, 0.25) is 0 Å². The van der Waals surface area contributed by atoms with Crippen molar-refractivity contribution in [3.63, 3.8) is 0 Å². The van der Waals surface area contributed by atoms with Crippen molar-refractivity contribution in [1.82, 2.24) is 0 Å². The summed E-state index contributed by atoms with van der Waals surface area (Å²) in [6.45, 7) is 1.73. The molecule has 2 N–H and O–H groups in total. The molecule has 1 unspecified atom stereocenters. The van der Waals surface area contributed by atoms with Crippen LogP contribution in [0.5, 0.6) is 5.75 Å². The zero-order valence-electron chi connectivity index (χ0n) is 9.51. The molecule has 0 spiro atoms. The van der Waals surface area contributed by atoms with Gasteiger partial charge in [0.1, 0.15) is 11.4 Å². The lowest BCUT2D eigenvalue weighted by molar-refractivity contribution is 0.00754. The smallest absolute Gasteiger partial charge is 0.168 e. The highest BCUT2D eigenvalue weighted by Gasteiger charge is 2.30. The van der Waals surface area contributed by atoms with Crippen molar-refractivity contribution in [2.24, 2.45) is 5.73 Å². The minimum absolute atomic E-state index is 0.0452. The van der Waals surface area contributed by atoms with E-state index in [1.165, 1.54) is 14.2 Å². The number of benzene rings is 1. The summed E-state index contributed by atoms with van der Waals surface area (Å²) in [6.07, 6.45) is 0. The van der Waals surface area contributed by atoms with E-state index in [9.17, 15) is 8.78 Å². The molecule has 0 aliphatic rings. The van der Waals surface area contributed by atoms with Crippen molar-refractivity contribution in [3.05, 3.63) is 29.3 Å². The predicted molar refractivity (Wildman–Crippen MR) is 56.3 cm³/mol. The van der Waals surface area contributed by atoms with E-state index >= 15 is 0 Å². The monoisotopic (exact) mass is 231 g/mol. The van der Waals surface area contributed by atoms with Gasteiger partial charge in [0.25, 0.3) is 0 Å². The molecule has 0 heterocycles. The van der Waals surface area contributed by atoms with Gasteiger partial charge in [-0.05, 0) is 13.0 Å². The molecule has 16 heavy (non-hydrogen) atoms. The van der Waals surface area contributed by atoms with Crippen LogP contribution in [0, 0.1) is 11.6 Å². The van der Waals surface area contributed by atoms with Gasteiger partial charge in [-0.15, -0.1) is 0 Å². The molecule has 0 fully saturated rings. The lowest BCUT2D eigenvalue weighted by Crippen LogP contribution is -2.34. The Morgan fingerprint density at radius 1 is 1.31 bits per heavy atom. The number of methoxy groups -OCH3 is 2. The third-order valence-corrected chi connectivity index (χ3v) is 2.62. The third-order valence-electron chi connectivity index (χ3n) is 2.62. The van der Waals surface area contributed by atoms with E-state index < -0.39 is 17.2 Å². The van der Waals surface area contributed by atoms with E-state index in [-0.39, 0.29) is 17.9 Å². The Morgan fingerprint density at radius 2 is 1.94 bits per heavy atom. The lowest BCUT2D eigenvalue weighted by Gasteiger charge is -2.28. The highest BCUT2D eigenvalue weighted by atomic mass is 19.1. The Labute approximate surface area is 93.2 Å². The summed E-state index contributed by atoms with van der Waals surface area (Å²) in [7, 11) is 2.74. The first-order valence-electron chi connectivity index (χ1n) is 4.77. The van der Waals surface area contributed by atoms with E-state index in [1.807, 2.05) is 0 Å². The maximum absolute atomic E-state index is 13.5. The summed E-state index contributed by atoms with van der Waals surface area (Å²) in [6, 6.07) is 1.92. The van der Waals surface area contributed by atoms with Crippen molar-refractivity contribution >= 4 is 0 Å². The van der Waals surface area contributed by atoms with Crippen LogP contribution in [0.3, 0.4) is 0 Å². The number of ether oxygens (including phenoxy) is 2. The first-order chi connectivity index (χ1) is 7.48. The van der Waals surface area contributed by atoms with Crippen molar-refractivity contribution in [3.8, 4) is 5.75 Å². The summed E-state index contributed by atoms with van der Waals surface area (Å²) < 4.78 is 36.7. The van der Waals surface area contributed by atoms with Gasteiger partial charge < -0.3 is 15.2 Å². The third kappa shape index (κ3) is 2.15. The van der Waals surface area contributed by atoms with Gasteiger partial charge in [0.05, 0.1) is 7.11 Å². The SMILES string of the molecule is COc1c(F)cc(F)cc1C(C)(CN)OC. The minimum atomic E-state index is -0.978. The number of hydrogen-bond donors (Lipinski definition) is 1. The van der Waals surface area contributed by atoms with E-state index in [4.69, 9.17) is 15.2 Å². The van der Waals surface area contributed by atoms with Crippen LogP contribution >= 0.6 is 0 Å². The van der Waals surface area contributed by atoms with Crippen LogP contribution < -0.4 is 10.5 Å². The van der Waals surface area contributed by atoms with Crippen LogP contribution in [-0.2, 0) is 10.3 Å². The van der Waals surface area contributed by atoms with Crippen LogP contribution in [0.4, 0.5) is 8.78 Å². The second kappa shape index (κ2) is 4.76. The molecule has 90 valence electrons. The molecule has 0 aromatic heterocycles. The van der Waals surface area contributed by atoms with Crippen molar-refractivity contribution < 1.29 is 18.3 Å². The highest BCUT2D eigenvalue weighted by molar-refractivity contribution is 5.40. The Balaban J connectivity index is 3.41. The van der Waals surface area contributed by atoms with Crippen molar-refractivity contribution in [2.75, 3.05) is 20.8 Å². The molecule has 1 aromatic carbocycles. The fraction of sp³-hybridized carbons (Fsp3) is 0.455. The normalized spacial score (nSPS) is 14.6. The van der Waals surface area contributed by atoms with Gasteiger partial charge in [0, 0.05) is 25.3 Å². The molecule has 0 amide bonds. The molecular formula is C11H15F2NO2. The highest BCUT2D eigenvalue weighted by Crippen LogP contribution is 2.34. The summed E-state index contributed by atoms with van der Waals surface area (Å²) in [4.78, 5) is 0. The van der Waals surface area contributed by atoms with E-state index in [1.54, 1.807) is 6.92 Å². The molecule has 1 atom stereocenters. The average Bonchev–Trinajstić information content (AvgIpc) is 2.27. The zero-order chi connectivity index (χ0) is 12.3. The van der Waals surface area contributed by atoms with Gasteiger partial charge in [-0.25, -0.2) is 8.78 Å². The van der Waals surface area contributed by atoms with Gasteiger partial charge in [-0.2, -0.15) is 0 Å². The van der Waals surface area contributed by atoms with Gasteiger partial charge in [-0.3, -0.25) is 0 Å². The average molecular weight is 231 g/mol. The fourth-order valence-corrected chi connectivity index (χ4v) is 1.46. The number of halogens is 2. The second-order valence-electron chi connectivity index (χ2n) is 3.61. The molecule has 5 heteroatoms. The predicted octanol–water partition coefficient (Wildman–Crippen LogP) is 1.79. The fourth-order valence-electron chi connectivity index (χ4n) is 1.46. The molecule has 1 aromatic rings. The van der Waals surface area contributed by atoms with Crippen LogP contribution in [0.2, 0.25) is 0 Å². The van der Waals surface area contributed by atoms with Crippen molar-refractivity contribution in [1.29, 1.82) is 0 Å². The topological polar surface area (TPSA) is 44.5 Å². The van der Waals surface area contributed by atoms with E-state index in [0.717, 1.165) is 12.1 Å². The summed E-state index contributed by atoms with van der Waals surface area (Å²) in [5.41, 5.74) is 4.83. The van der Waals surface area contributed by atoms with Crippen molar-refractivity contribution in [2.45, 2.75) is 12.5 Å². The summed E-state index contributed by atoms with van der Waals surface area (Å²) >= 11 is 0. The minimum Gasteiger partial charge on any atom is -0.493 e. The van der Waals surface area contributed by atoms with Gasteiger partial charge in [-0.1, -0.05) is 0 Å². The molecular weight excluding hydrogens is 216 g/mol. The van der Waals surface area contributed by atoms with Crippen LogP contribution in [0.25, 0.3) is 0 Å². The van der Waals surface area contributed by atoms with Gasteiger partial charge in [0.15, 0.2) is 11.6 Å². The molecule has 1 rings (SSSR count). The van der Waals surface area contributed by atoms with Gasteiger partial charge >= 0.3 is 0 Å². The summed E-state index contributed by atoms with van der Waals surface area (Å²) in [5.74, 6) is -1.50. The first kappa shape index (κ1) is 12.9. The Bertz CT molecular complexity index is 378. The van der Waals surface area contributed by atoms with Crippen LogP contribution in [-0.4, -0.2) is 20.8 Å². The molecule has 3 nitrogen and oxygen atoms in total. The molecule has 0 aliphatic heterocycles. The number of rotatable bonds is 4. The maximum Gasteiger partial charge on any atom is 0.168 e. The molecule has 0 saturated heterocycles. The Kier molecular flexibility index (Phi) is 3.83. The maximum atomic E-state index is 13.5. The molecule has 0 aliphatic carbocycles. The van der Waals surface area contributed by atoms with E-state index in [2.05, 4.69) is 0 Å². The molecule has 0 bridgehead atoms. The number of nitrogens with two attached hydrogens (primary N) is 1. The Morgan fingerprint density at radius 3 is 2.38 bits per heavy atom. The lowest BCUT2D eigenvalue weighted by atomic mass is 9.94. The van der Waals surface area contributed by atoms with Crippen LogP contribution in [0.15, 0.2) is 12.1 Å². The Hall–Kier alpha value is -1.20. The van der Waals surface area contributed by atoms with Crippen LogP contribution in [0.1, 0.15) is 12.5 Å². The summed E-state index contributed by atoms with van der Waals surface area (Å²) in [5, 5.41) is 0. The first-order valence-corrected chi connectivity index (χ1v) is 4.77. The second-order valence-corrected chi connectivity index (χ2v) is 3.61. The molecule has 0 saturated carbocycles. The standard InChI is InChI=1S/C11H15F2NO2/c1-11(6-14,16-3)8-4-7(12)5-9(13)10(8)15-2/h4-5H,6,14H2,1-3H3. The zero-order valence-corrected chi connectivity index (χ0v) is 9.51. The quantitative estimate of drug-likeness (QED) is 0.859. The van der Waals surface area contributed by atoms with E-state index in [0.29, 0.717) is 0 Å².